The number of aromatic nitrogens is 1. The van der Waals surface area contributed by atoms with E-state index < -0.39 is 0 Å². The van der Waals surface area contributed by atoms with Gasteiger partial charge in [0.15, 0.2) is 0 Å². The van der Waals surface area contributed by atoms with E-state index >= 15 is 0 Å². The van der Waals surface area contributed by atoms with Crippen LogP contribution in [-0.4, -0.2) is 31.2 Å². The van der Waals surface area contributed by atoms with E-state index in [1.807, 2.05) is 6.20 Å². The summed E-state index contributed by atoms with van der Waals surface area (Å²) in [7, 11) is 0. The molecule has 0 aliphatic carbocycles. The van der Waals surface area contributed by atoms with E-state index in [9.17, 15) is 0 Å². The monoisotopic (exact) mass is 239 g/mol. The van der Waals surface area contributed by atoms with Gasteiger partial charge < -0.3 is 10.2 Å². The second kappa shape index (κ2) is 3.95. The molecule has 1 N–H and O–H groups in total. The van der Waals surface area contributed by atoms with Crippen molar-refractivity contribution in [2.75, 3.05) is 31.1 Å². The molecule has 0 saturated carbocycles. The lowest BCUT2D eigenvalue weighted by Gasteiger charge is -2.18. The third-order valence-electron chi connectivity index (χ3n) is 4.33. The zero-order valence-corrected chi connectivity index (χ0v) is 10.3. The van der Waals surface area contributed by atoms with Crippen molar-refractivity contribution in [1.82, 2.24) is 10.3 Å². The lowest BCUT2D eigenvalue weighted by atomic mass is 10.0. The number of nitrogens with one attached hydrogen (secondary N) is 1. The minimum absolute atomic E-state index is 0.818. The average Bonchev–Trinajstić information content (AvgIpc) is 2.99. The van der Waals surface area contributed by atoms with Gasteiger partial charge in [-0.15, -0.1) is 0 Å². The molecule has 2 aliphatic rings. The molecule has 1 aromatic heterocycles. The molecule has 0 spiro atoms. The molecule has 4 rings (SSSR count). The Morgan fingerprint density at radius 3 is 2.56 bits per heavy atom. The van der Waals surface area contributed by atoms with Gasteiger partial charge in [0.25, 0.3) is 0 Å². The molecule has 2 aliphatic heterocycles. The number of nitrogens with zero attached hydrogens (tertiary/aromatic N) is 2. The molecule has 2 saturated heterocycles. The van der Waals surface area contributed by atoms with Gasteiger partial charge in [0.2, 0.25) is 0 Å². The number of benzene rings is 1. The second-order valence-electron chi connectivity index (χ2n) is 5.47. The Morgan fingerprint density at radius 1 is 1.06 bits per heavy atom. The Balaban J connectivity index is 1.67. The summed E-state index contributed by atoms with van der Waals surface area (Å²) in [6.07, 6.45) is 2.00. The molecule has 3 nitrogen and oxygen atoms in total. The van der Waals surface area contributed by atoms with Crippen molar-refractivity contribution in [3.05, 3.63) is 36.5 Å². The Bertz CT molecular complexity index is 569. The van der Waals surface area contributed by atoms with Crippen LogP contribution in [0.4, 0.5) is 5.82 Å². The highest BCUT2D eigenvalue weighted by molar-refractivity contribution is 5.83. The van der Waals surface area contributed by atoms with Gasteiger partial charge >= 0.3 is 0 Å². The minimum Gasteiger partial charge on any atom is -0.356 e. The summed E-state index contributed by atoms with van der Waals surface area (Å²) in [6.45, 7) is 4.66. The van der Waals surface area contributed by atoms with Crippen LogP contribution in [0.3, 0.4) is 0 Å². The number of anilines is 1. The standard InChI is InChI=1S/C15H17N3/c1-2-4-12-8-17-15(5-11(12)3-1)18-9-13-6-16-7-14(13)10-18/h1-5,8,13-14,16H,6-7,9-10H2. The zero-order valence-electron chi connectivity index (χ0n) is 10.3. The minimum atomic E-state index is 0.818. The topological polar surface area (TPSA) is 28.2 Å². The summed E-state index contributed by atoms with van der Waals surface area (Å²) < 4.78 is 0. The number of rotatable bonds is 1. The van der Waals surface area contributed by atoms with Crippen LogP contribution in [0.25, 0.3) is 10.8 Å². The Morgan fingerprint density at radius 2 is 1.78 bits per heavy atom. The third kappa shape index (κ3) is 1.58. The van der Waals surface area contributed by atoms with E-state index in [1.54, 1.807) is 0 Å². The molecule has 2 atom stereocenters. The van der Waals surface area contributed by atoms with Gasteiger partial charge in [0, 0.05) is 37.8 Å². The molecule has 3 heterocycles. The predicted molar refractivity (Wildman–Crippen MR) is 73.8 cm³/mol. The van der Waals surface area contributed by atoms with Gasteiger partial charge in [-0.1, -0.05) is 24.3 Å². The van der Waals surface area contributed by atoms with Crippen molar-refractivity contribution in [3.63, 3.8) is 0 Å². The summed E-state index contributed by atoms with van der Waals surface area (Å²) in [4.78, 5) is 7.07. The van der Waals surface area contributed by atoms with Crippen LogP contribution in [0.2, 0.25) is 0 Å². The summed E-state index contributed by atoms with van der Waals surface area (Å²) >= 11 is 0. The maximum absolute atomic E-state index is 4.62. The first kappa shape index (κ1) is 10.3. The Hall–Kier alpha value is -1.61. The van der Waals surface area contributed by atoms with Crippen LogP contribution in [0, 0.1) is 11.8 Å². The van der Waals surface area contributed by atoms with Crippen molar-refractivity contribution in [3.8, 4) is 0 Å². The van der Waals surface area contributed by atoms with Gasteiger partial charge in [0.1, 0.15) is 5.82 Å². The van der Waals surface area contributed by atoms with E-state index in [4.69, 9.17) is 0 Å². The fourth-order valence-corrected chi connectivity index (χ4v) is 3.29. The molecule has 2 fully saturated rings. The molecule has 2 unspecified atom stereocenters. The van der Waals surface area contributed by atoms with Crippen LogP contribution in [0.15, 0.2) is 36.5 Å². The SMILES string of the molecule is c1ccc2cc(N3CC4CNCC4C3)ncc2c1. The molecular formula is C15H17N3. The van der Waals surface area contributed by atoms with Crippen LogP contribution in [0.1, 0.15) is 0 Å². The first-order valence-corrected chi connectivity index (χ1v) is 6.70. The Labute approximate surface area is 107 Å². The van der Waals surface area contributed by atoms with Crippen molar-refractivity contribution >= 4 is 16.6 Å². The van der Waals surface area contributed by atoms with Crippen LogP contribution >= 0.6 is 0 Å². The molecule has 2 aromatic rings. The first-order chi connectivity index (χ1) is 8.90. The predicted octanol–water partition coefficient (Wildman–Crippen LogP) is 1.89. The van der Waals surface area contributed by atoms with Crippen LogP contribution < -0.4 is 10.2 Å². The third-order valence-corrected chi connectivity index (χ3v) is 4.33. The molecule has 1 aromatic carbocycles. The van der Waals surface area contributed by atoms with Crippen LogP contribution in [0.5, 0.6) is 0 Å². The second-order valence-corrected chi connectivity index (χ2v) is 5.47. The van der Waals surface area contributed by atoms with Crippen molar-refractivity contribution in [2.24, 2.45) is 11.8 Å². The summed E-state index contributed by atoms with van der Waals surface area (Å²) in [5, 5.41) is 5.99. The summed E-state index contributed by atoms with van der Waals surface area (Å²) in [6, 6.07) is 10.7. The molecule has 0 bridgehead atoms. The fraction of sp³-hybridized carbons (Fsp3) is 0.400. The molecular weight excluding hydrogens is 222 g/mol. The smallest absolute Gasteiger partial charge is 0.129 e. The number of hydrogen-bond acceptors (Lipinski definition) is 3. The van der Waals surface area contributed by atoms with Crippen LogP contribution in [-0.2, 0) is 0 Å². The normalized spacial score (nSPS) is 26.8. The highest BCUT2D eigenvalue weighted by Gasteiger charge is 2.36. The number of pyridine rings is 1. The van der Waals surface area contributed by atoms with E-state index in [0.717, 1.165) is 30.7 Å². The first-order valence-electron chi connectivity index (χ1n) is 6.70. The molecule has 0 radical (unpaired) electrons. The highest BCUT2D eigenvalue weighted by atomic mass is 15.2. The van der Waals surface area contributed by atoms with E-state index in [-0.39, 0.29) is 0 Å². The van der Waals surface area contributed by atoms with Crippen molar-refractivity contribution in [2.45, 2.75) is 0 Å². The average molecular weight is 239 g/mol. The van der Waals surface area contributed by atoms with Gasteiger partial charge in [-0.2, -0.15) is 0 Å². The van der Waals surface area contributed by atoms with Gasteiger partial charge in [0.05, 0.1) is 0 Å². The van der Waals surface area contributed by atoms with E-state index in [2.05, 4.69) is 45.5 Å². The van der Waals surface area contributed by atoms with E-state index in [0.29, 0.717) is 0 Å². The largest absolute Gasteiger partial charge is 0.356 e. The van der Waals surface area contributed by atoms with Gasteiger partial charge in [-0.05, 0) is 23.3 Å². The molecule has 92 valence electrons. The van der Waals surface area contributed by atoms with Crippen molar-refractivity contribution < 1.29 is 0 Å². The van der Waals surface area contributed by atoms with Gasteiger partial charge in [-0.25, -0.2) is 4.98 Å². The molecule has 0 amide bonds. The molecule has 18 heavy (non-hydrogen) atoms. The summed E-state index contributed by atoms with van der Waals surface area (Å²) in [5.74, 6) is 2.78. The zero-order chi connectivity index (χ0) is 11.9. The molecule has 3 heteroatoms. The maximum atomic E-state index is 4.62. The Kier molecular flexibility index (Phi) is 2.27. The van der Waals surface area contributed by atoms with Gasteiger partial charge in [-0.3, -0.25) is 0 Å². The highest BCUT2D eigenvalue weighted by Crippen LogP contribution is 2.30. The number of fused-ring (bicyclic) bond motifs is 2. The van der Waals surface area contributed by atoms with Crippen molar-refractivity contribution in [1.29, 1.82) is 0 Å². The lowest BCUT2D eigenvalue weighted by Crippen LogP contribution is -2.26. The lowest BCUT2D eigenvalue weighted by molar-refractivity contribution is 0.533. The quantitative estimate of drug-likeness (QED) is 0.823. The fourth-order valence-electron chi connectivity index (χ4n) is 3.29. The van der Waals surface area contributed by atoms with E-state index in [1.165, 1.54) is 23.9 Å². The summed E-state index contributed by atoms with van der Waals surface area (Å²) in [5.41, 5.74) is 0. The maximum Gasteiger partial charge on any atom is 0.129 e. The number of hydrogen-bond donors (Lipinski definition) is 1.